The van der Waals surface area contributed by atoms with Crippen molar-refractivity contribution in [2.24, 2.45) is 0 Å². The van der Waals surface area contributed by atoms with E-state index < -0.39 is 0 Å². The number of nitrogens with zero attached hydrogens (tertiary/aromatic N) is 3. The SMILES string of the molecule is CCc1c(NC2CC2)nc(N)nc1N1CCCCC1. The molecule has 0 aromatic carbocycles. The number of hydrogen-bond donors (Lipinski definition) is 2. The standard InChI is InChI=1S/C14H23N5/c1-2-11-12(16-10-6-7-10)17-14(15)18-13(11)19-8-4-3-5-9-19/h10H,2-9H2,1H3,(H3,15,16,17,18). The number of nitrogens with one attached hydrogen (secondary N) is 1. The fourth-order valence-electron chi connectivity index (χ4n) is 2.72. The van der Waals surface area contributed by atoms with E-state index in [-0.39, 0.29) is 0 Å². The Hall–Kier alpha value is -1.52. The van der Waals surface area contributed by atoms with Gasteiger partial charge < -0.3 is 16.0 Å². The first kappa shape index (κ1) is 12.5. The highest BCUT2D eigenvalue weighted by molar-refractivity contribution is 5.62. The van der Waals surface area contributed by atoms with E-state index in [2.05, 4.69) is 27.1 Å². The lowest BCUT2D eigenvalue weighted by Gasteiger charge is -2.30. The summed E-state index contributed by atoms with van der Waals surface area (Å²) in [5.74, 6) is 2.40. The minimum Gasteiger partial charge on any atom is -0.368 e. The van der Waals surface area contributed by atoms with E-state index in [1.165, 1.54) is 37.7 Å². The number of anilines is 3. The summed E-state index contributed by atoms with van der Waals surface area (Å²) in [7, 11) is 0. The number of nitrogens with two attached hydrogens (primary N) is 1. The van der Waals surface area contributed by atoms with Crippen molar-refractivity contribution < 1.29 is 0 Å². The Kier molecular flexibility index (Phi) is 3.44. The summed E-state index contributed by atoms with van der Waals surface area (Å²) in [6, 6.07) is 0.591. The molecule has 0 amide bonds. The quantitative estimate of drug-likeness (QED) is 0.869. The number of nitrogen functional groups attached to an aromatic ring is 1. The van der Waals surface area contributed by atoms with Crippen LogP contribution >= 0.6 is 0 Å². The molecule has 1 aromatic rings. The fourth-order valence-corrected chi connectivity index (χ4v) is 2.72. The smallest absolute Gasteiger partial charge is 0.223 e. The summed E-state index contributed by atoms with van der Waals surface area (Å²) < 4.78 is 0. The minimum atomic E-state index is 0.390. The number of aromatic nitrogens is 2. The van der Waals surface area contributed by atoms with Crippen LogP contribution in [0.25, 0.3) is 0 Å². The molecule has 5 heteroatoms. The van der Waals surface area contributed by atoms with Crippen LogP contribution in [0.5, 0.6) is 0 Å². The molecule has 1 aliphatic carbocycles. The molecule has 19 heavy (non-hydrogen) atoms. The molecular formula is C14H23N5. The average molecular weight is 261 g/mol. The van der Waals surface area contributed by atoms with Crippen molar-refractivity contribution in [3.63, 3.8) is 0 Å². The second kappa shape index (κ2) is 5.23. The molecule has 2 fully saturated rings. The van der Waals surface area contributed by atoms with Gasteiger partial charge in [-0.2, -0.15) is 9.97 Å². The third-order valence-corrected chi connectivity index (χ3v) is 3.93. The minimum absolute atomic E-state index is 0.390. The van der Waals surface area contributed by atoms with Gasteiger partial charge in [0.15, 0.2) is 0 Å². The van der Waals surface area contributed by atoms with E-state index in [0.29, 0.717) is 12.0 Å². The van der Waals surface area contributed by atoms with Gasteiger partial charge in [-0.1, -0.05) is 6.92 Å². The molecular weight excluding hydrogens is 238 g/mol. The van der Waals surface area contributed by atoms with Gasteiger partial charge in [-0.05, 0) is 38.5 Å². The monoisotopic (exact) mass is 261 g/mol. The van der Waals surface area contributed by atoms with Crippen LogP contribution in [0.1, 0.15) is 44.6 Å². The van der Waals surface area contributed by atoms with Crippen molar-refractivity contribution in [2.45, 2.75) is 51.5 Å². The molecule has 0 spiro atoms. The zero-order chi connectivity index (χ0) is 13.2. The van der Waals surface area contributed by atoms with Crippen LogP contribution in [0, 0.1) is 0 Å². The highest BCUT2D eigenvalue weighted by Gasteiger charge is 2.25. The molecule has 1 aliphatic heterocycles. The fraction of sp³-hybridized carbons (Fsp3) is 0.714. The molecule has 1 aromatic heterocycles. The van der Waals surface area contributed by atoms with E-state index in [1.54, 1.807) is 0 Å². The Labute approximate surface area is 114 Å². The van der Waals surface area contributed by atoms with Gasteiger partial charge in [-0.25, -0.2) is 0 Å². The van der Waals surface area contributed by atoms with E-state index in [0.717, 1.165) is 31.1 Å². The van der Waals surface area contributed by atoms with Crippen molar-refractivity contribution in [1.82, 2.24) is 9.97 Å². The van der Waals surface area contributed by atoms with E-state index in [4.69, 9.17) is 5.73 Å². The van der Waals surface area contributed by atoms with Crippen LogP contribution in [-0.4, -0.2) is 29.1 Å². The van der Waals surface area contributed by atoms with Crippen LogP contribution < -0.4 is 16.0 Å². The predicted octanol–water partition coefficient (Wildman–Crippen LogP) is 2.19. The lowest BCUT2D eigenvalue weighted by Crippen LogP contribution is -2.31. The van der Waals surface area contributed by atoms with Crippen molar-refractivity contribution in [3.05, 3.63) is 5.56 Å². The van der Waals surface area contributed by atoms with Crippen LogP contribution in [0.2, 0.25) is 0 Å². The highest BCUT2D eigenvalue weighted by atomic mass is 15.2. The average Bonchev–Trinajstić information content (AvgIpc) is 3.23. The summed E-state index contributed by atoms with van der Waals surface area (Å²) in [5, 5.41) is 3.50. The summed E-state index contributed by atoms with van der Waals surface area (Å²) in [6.45, 7) is 4.35. The second-order valence-corrected chi connectivity index (χ2v) is 5.55. The van der Waals surface area contributed by atoms with Gasteiger partial charge in [-0.15, -0.1) is 0 Å². The van der Waals surface area contributed by atoms with Crippen LogP contribution in [0.15, 0.2) is 0 Å². The Morgan fingerprint density at radius 1 is 1.21 bits per heavy atom. The van der Waals surface area contributed by atoms with Gasteiger partial charge in [0.25, 0.3) is 0 Å². The van der Waals surface area contributed by atoms with Crippen molar-refractivity contribution in [2.75, 3.05) is 29.0 Å². The molecule has 3 rings (SSSR count). The van der Waals surface area contributed by atoms with Crippen LogP contribution in [0.4, 0.5) is 17.6 Å². The molecule has 104 valence electrons. The predicted molar refractivity (Wildman–Crippen MR) is 78.5 cm³/mol. The molecule has 1 saturated heterocycles. The Balaban J connectivity index is 1.93. The maximum Gasteiger partial charge on any atom is 0.223 e. The van der Waals surface area contributed by atoms with Crippen molar-refractivity contribution in [1.29, 1.82) is 0 Å². The summed E-state index contributed by atoms with van der Waals surface area (Å²) in [6.07, 6.45) is 7.25. The normalized spacial score (nSPS) is 19.5. The lowest BCUT2D eigenvalue weighted by molar-refractivity contribution is 0.571. The number of rotatable bonds is 4. The molecule has 0 radical (unpaired) electrons. The Morgan fingerprint density at radius 3 is 2.58 bits per heavy atom. The van der Waals surface area contributed by atoms with Crippen LogP contribution in [0.3, 0.4) is 0 Å². The van der Waals surface area contributed by atoms with Crippen molar-refractivity contribution in [3.8, 4) is 0 Å². The Bertz CT molecular complexity index is 449. The van der Waals surface area contributed by atoms with Gasteiger partial charge in [0.05, 0.1) is 0 Å². The molecule has 2 heterocycles. The number of piperidine rings is 1. The first-order valence-corrected chi connectivity index (χ1v) is 7.45. The molecule has 3 N–H and O–H groups in total. The summed E-state index contributed by atoms with van der Waals surface area (Å²) in [4.78, 5) is 11.3. The first-order valence-electron chi connectivity index (χ1n) is 7.45. The zero-order valence-corrected chi connectivity index (χ0v) is 11.7. The highest BCUT2D eigenvalue weighted by Crippen LogP contribution is 2.31. The molecule has 0 bridgehead atoms. The van der Waals surface area contributed by atoms with Crippen LogP contribution in [-0.2, 0) is 6.42 Å². The largest absolute Gasteiger partial charge is 0.368 e. The summed E-state index contributed by atoms with van der Waals surface area (Å²) >= 11 is 0. The Morgan fingerprint density at radius 2 is 1.95 bits per heavy atom. The first-order chi connectivity index (χ1) is 9.28. The summed E-state index contributed by atoms with van der Waals surface area (Å²) in [5.41, 5.74) is 7.12. The lowest BCUT2D eigenvalue weighted by atomic mass is 10.1. The third kappa shape index (κ3) is 2.74. The third-order valence-electron chi connectivity index (χ3n) is 3.93. The molecule has 0 unspecified atom stereocenters. The molecule has 2 aliphatic rings. The van der Waals surface area contributed by atoms with E-state index >= 15 is 0 Å². The maximum atomic E-state index is 5.90. The molecule has 0 atom stereocenters. The molecule has 1 saturated carbocycles. The van der Waals surface area contributed by atoms with Gasteiger partial charge >= 0.3 is 0 Å². The van der Waals surface area contributed by atoms with Crippen molar-refractivity contribution >= 4 is 17.6 Å². The second-order valence-electron chi connectivity index (χ2n) is 5.55. The van der Waals surface area contributed by atoms with E-state index in [1.807, 2.05) is 0 Å². The maximum absolute atomic E-state index is 5.90. The van der Waals surface area contributed by atoms with Gasteiger partial charge in [0.1, 0.15) is 11.6 Å². The topological polar surface area (TPSA) is 67.1 Å². The van der Waals surface area contributed by atoms with Gasteiger partial charge in [-0.3, -0.25) is 0 Å². The number of hydrogen-bond acceptors (Lipinski definition) is 5. The van der Waals surface area contributed by atoms with Gasteiger partial charge in [0.2, 0.25) is 5.95 Å². The zero-order valence-electron chi connectivity index (χ0n) is 11.7. The van der Waals surface area contributed by atoms with Gasteiger partial charge in [0, 0.05) is 24.7 Å². The molecule has 5 nitrogen and oxygen atoms in total. The van der Waals surface area contributed by atoms with E-state index in [9.17, 15) is 0 Å².